The van der Waals surface area contributed by atoms with E-state index >= 15 is 0 Å². The first-order valence-electron chi connectivity index (χ1n) is 6.66. The van der Waals surface area contributed by atoms with E-state index in [2.05, 4.69) is 0 Å². The van der Waals surface area contributed by atoms with Crippen LogP contribution in [0.1, 0.15) is 0 Å². The van der Waals surface area contributed by atoms with Crippen LogP contribution in [0.15, 0.2) is 0 Å². The summed E-state index contributed by atoms with van der Waals surface area (Å²) >= 11 is 0. The highest BCUT2D eigenvalue weighted by Crippen LogP contribution is 2.68. The van der Waals surface area contributed by atoms with Crippen LogP contribution in [-0.4, -0.2) is 60.0 Å². The van der Waals surface area contributed by atoms with Crippen LogP contribution in [0.3, 0.4) is 0 Å². The van der Waals surface area contributed by atoms with Gasteiger partial charge in [-0.2, -0.15) is 93.1 Å². The highest BCUT2D eigenvalue weighted by atomic mass is 19.4. The normalized spacial score (nSPS) is 19.8. The van der Waals surface area contributed by atoms with E-state index in [1.54, 1.807) is 0 Å². The van der Waals surface area contributed by atoms with Crippen molar-refractivity contribution in [3.8, 4) is 0 Å². The minimum Gasteiger partial charge on any atom is -0.220 e. The van der Waals surface area contributed by atoms with E-state index in [0.29, 0.717) is 0 Å². The largest absolute Gasteiger partial charge is 0.462 e. The molecule has 0 aromatic heterocycles. The molecule has 0 aliphatic heterocycles. The molecule has 0 fully saturated rings. The Bertz CT molecular complexity index is 705. The third-order valence-electron chi connectivity index (χ3n) is 3.56. The minimum atomic E-state index is -9.59. The summed E-state index contributed by atoms with van der Waals surface area (Å²) in [4.78, 5) is 0. The Hall–Kier alpha value is -1.58. The molecule has 0 radical (unpaired) electrons. The van der Waals surface area contributed by atoms with Crippen LogP contribution in [0, 0.1) is 0 Å². The zero-order valence-corrected chi connectivity index (χ0v) is 13.8. The zero-order valence-electron chi connectivity index (χ0n) is 13.8. The highest BCUT2D eigenvalue weighted by Gasteiger charge is 3.01. The number of hydrogen-bond acceptors (Lipinski definition) is 1. The molecule has 33 heavy (non-hydrogen) atoms. The summed E-state index contributed by atoms with van der Waals surface area (Å²) in [5.74, 6) is -27.7. The second-order valence-electron chi connectivity index (χ2n) is 5.73. The van der Waals surface area contributed by atoms with Crippen molar-refractivity contribution in [1.29, 1.82) is 0 Å². The average Bonchev–Trinajstić information content (AvgIpc) is 2.46. The molecule has 0 saturated carbocycles. The fourth-order valence-corrected chi connectivity index (χ4v) is 2.00. The quantitative estimate of drug-likeness (QED) is 0.286. The minimum absolute atomic E-state index is 2.00. The number of alkyl halides is 22. The van der Waals surface area contributed by atoms with Gasteiger partial charge in [0.1, 0.15) is 0 Å². The van der Waals surface area contributed by atoms with Gasteiger partial charge in [-0.15, -0.1) is 0 Å². The molecule has 23 heteroatoms. The molecule has 0 aliphatic carbocycles. The Morgan fingerprint density at radius 2 is 0.606 bits per heavy atom. The van der Waals surface area contributed by atoms with Gasteiger partial charge in [0.25, 0.3) is 0 Å². The van der Waals surface area contributed by atoms with Crippen LogP contribution in [0.25, 0.3) is 0 Å². The van der Waals surface area contributed by atoms with Crippen molar-refractivity contribution in [3.63, 3.8) is 0 Å². The summed E-state index contributed by atoms with van der Waals surface area (Å²) in [6, 6.07) is -8.36. The zero-order chi connectivity index (χ0) is 27.7. The van der Waals surface area contributed by atoms with Gasteiger partial charge in [-0.05, 0) is 0 Å². The Labute approximate surface area is 163 Å². The first-order valence-corrected chi connectivity index (χ1v) is 6.66. The molecule has 1 nitrogen and oxygen atoms in total. The van der Waals surface area contributed by atoms with E-state index < -0.39 is 65.3 Å². The van der Waals surface area contributed by atoms with Crippen molar-refractivity contribution in [2.45, 2.75) is 60.0 Å². The number of rotatable bonds is 6. The van der Waals surface area contributed by atoms with Crippen molar-refractivity contribution in [3.05, 3.63) is 0 Å². The maximum Gasteiger partial charge on any atom is 0.462 e. The molecule has 0 bridgehead atoms. The van der Waals surface area contributed by atoms with Gasteiger partial charge in [0.15, 0.2) is 0 Å². The molecule has 0 saturated heterocycles. The smallest absolute Gasteiger partial charge is 0.220 e. The van der Waals surface area contributed by atoms with Gasteiger partial charge in [-0.1, -0.05) is 0 Å². The van der Waals surface area contributed by atoms with Crippen LogP contribution in [0.5, 0.6) is 0 Å². The average molecular weight is 553 g/mol. The lowest BCUT2D eigenvalue weighted by Gasteiger charge is -2.48. The summed E-state index contributed by atoms with van der Waals surface area (Å²) in [6.45, 7) is 0. The summed E-state index contributed by atoms with van der Waals surface area (Å²) in [5, 5.41) is -2.00. The third-order valence-corrected chi connectivity index (χ3v) is 3.56. The second-order valence-corrected chi connectivity index (χ2v) is 5.73. The van der Waals surface area contributed by atoms with Crippen LogP contribution in [-0.2, 0) is 0 Å². The topological polar surface area (TPSA) is 12.0 Å². The monoisotopic (exact) mass is 553 g/mol. The van der Waals surface area contributed by atoms with Crippen molar-refractivity contribution >= 4 is 0 Å². The summed E-state index contributed by atoms with van der Waals surface area (Å²) in [6.07, 6.45) is -33.1. The Morgan fingerprint density at radius 3 is 0.818 bits per heavy atom. The van der Waals surface area contributed by atoms with E-state index in [4.69, 9.17) is 0 Å². The predicted octanol–water partition coefficient (Wildman–Crippen LogP) is 6.70. The maximum absolute atomic E-state index is 13.9. The van der Waals surface area contributed by atoms with E-state index in [1.807, 2.05) is 0 Å². The lowest BCUT2D eigenvalue weighted by Crippen LogP contribution is -2.83. The van der Waals surface area contributed by atoms with Gasteiger partial charge < -0.3 is 0 Å². The molecule has 0 aliphatic rings. The Morgan fingerprint density at radius 1 is 0.303 bits per heavy atom. The van der Waals surface area contributed by atoms with E-state index in [-0.39, 0.29) is 0 Å². The standard InChI is InChI=1S/C10HF22N/c11-1(6(19,20)21,4(15,16)5(17,18)8(25,26)27)3(13,14)2(12,7(22,23)24)9(28,29)33-10(30,31)32/h33H. The van der Waals surface area contributed by atoms with E-state index in [1.165, 1.54) is 0 Å². The van der Waals surface area contributed by atoms with Crippen LogP contribution >= 0.6 is 0 Å². The van der Waals surface area contributed by atoms with Gasteiger partial charge >= 0.3 is 60.0 Å². The van der Waals surface area contributed by atoms with Gasteiger partial charge in [0.2, 0.25) is 0 Å². The molecule has 1 N–H and O–H groups in total. The molecule has 0 rings (SSSR count). The molecule has 0 aromatic rings. The lowest BCUT2D eigenvalue weighted by molar-refractivity contribution is -0.479. The molecule has 2 unspecified atom stereocenters. The molecule has 200 valence electrons. The first-order chi connectivity index (χ1) is 13.7. The molecule has 2 atom stereocenters. The summed E-state index contributed by atoms with van der Waals surface area (Å²) in [5.41, 5.74) is -18.8. The maximum atomic E-state index is 13.9. The summed E-state index contributed by atoms with van der Waals surface area (Å²) < 4.78 is 281. The predicted molar refractivity (Wildman–Crippen MR) is 54.8 cm³/mol. The molecular formula is C10HF22N. The van der Waals surface area contributed by atoms with Gasteiger partial charge in [0.05, 0.1) is 0 Å². The molecule has 0 aromatic carbocycles. The van der Waals surface area contributed by atoms with E-state index in [9.17, 15) is 96.6 Å². The van der Waals surface area contributed by atoms with Crippen LogP contribution in [0.2, 0.25) is 0 Å². The third kappa shape index (κ3) is 4.21. The van der Waals surface area contributed by atoms with Crippen LogP contribution < -0.4 is 5.32 Å². The molecule has 0 heterocycles. The van der Waals surface area contributed by atoms with E-state index in [0.717, 1.165) is 0 Å². The Balaban J connectivity index is 7.74. The fraction of sp³-hybridized carbons (Fsp3) is 1.00. The SMILES string of the molecule is FC(F)(F)NC(F)(F)C(F)(C(F)(F)F)C(F)(F)C(F)(C(F)(F)F)C(F)(F)C(F)(F)C(F)(F)F. The second kappa shape index (κ2) is 7.46. The molecular weight excluding hydrogens is 552 g/mol. The number of hydrogen-bond donors (Lipinski definition) is 1. The van der Waals surface area contributed by atoms with Crippen molar-refractivity contribution < 1.29 is 96.6 Å². The molecule has 0 amide bonds. The highest BCUT2D eigenvalue weighted by molar-refractivity contribution is 5.24. The van der Waals surface area contributed by atoms with Gasteiger partial charge in [-0.25, -0.2) is 8.78 Å². The summed E-state index contributed by atoms with van der Waals surface area (Å²) in [7, 11) is 0. The van der Waals surface area contributed by atoms with Crippen molar-refractivity contribution in [1.82, 2.24) is 5.32 Å². The number of nitrogens with one attached hydrogen (secondary N) is 1. The van der Waals surface area contributed by atoms with Crippen molar-refractivity contribution in [2.24, 2.45) is 0 Å². The lowest BCUT2D eigenvalue weighted by atomic mass is 9.76. The van der Waals surface area contributed by atoms with Gasteiger partial charge in [0, 0.05) is 0 Å². The van der Waals surface area contributed by atoms with Crippen LogP contribution in [0.4, 0.5) is 96.6 Å². The Kier molecular flexibility index (Phi) is 7.10. The molecule has 0 spiro atoms. The first kappa shape index (κ1) is 31.4. The van der Waals surface area contributed by atoms with Crippen molar-refractivity contribution in [2.75, 3.05) is 0 Å². The number of halogens is 22. The van der Waals surface area contributed by atoms with Gasteiger partial charge in [-0.3, -0.25) is 0 Å². The fourth-order valence-electron chi connectivity index (χ4n) is 2.00.